The van der Waals surface area contributed by atoms with Gasteiger partial charge in [0.1, 0.15) is 18.7 Å². The molecular formula is C51H65N9O17. The molecule has 26 nitrogen and oxygen atoms in total. The summed E-state index contributed by atoms with van der Waals surface area (Å²) in [5.74, 6) is -3.71. The van der Waals surface area contributed by atoms with Crippen LogP contribution in [0, 0.1) is 5.92 Å². The van der Waals surface area contributed by atoms with E-state index in [0.29, 0.717) is 90.7 Å². The van der Waals surface area contributed by atoms with Crippen molar-refractivity contribution < 1.29 is 76.6 Å². The molecule has 416 valence electrons. The average molecular weight is 1080 g/mol. The monoisotopic (exact) mass is 1080 g/mol. The minimum absolute atomic E-state index is 0.000327. The molecule has 3 atom stereocenters. The molecule has 26 heteroatoms. The summed E-state index contributed by atoms with van der Waals surface area (Å²) in [4.78, 5) is 121. The van der Waals surface area contributed by atoms with Gasteiger partial charge in [-0.1, -0.05) is 13.8 Å². The van der Waals surface area contributed by atoms with Crippen molar-refractivity contribution in [2.45, 2.75) is 83.8 Å². The maximum absolute atomic E-state index is 13.7. The number of aliphatic hydroxyl groups excluding tert-OH is 1. The van der Waals surface area contributed by atoms with Crippen LogP contribution in [0.1, 0.15) is 74.3 Å². The standard InChI is InChI=1S/C51H65N9O17/c1-29(2)45(58-41(62)9-13-71-15-17-73-19-20-74-18-16-72-14-11-53-40(61)8-12-59-43(64)6-7-44(59)65)49(68)57-35(5-3-4-10-52)48(67)55-25-42(63)54-24-32-30-22-38-39(77-28-76-38)23-36(30)56-46-33(32)26-60-37(46)21-31-34(50(60)69)27-75-51(70)47(31)66/h6-7,21-23,29,35,45,47,66H,3-5,8-20,24-28,52H2,1-2H3,(H,53,61)(H,54,63)(H,55,67)(H,57,68)(H,58,62)/t35-,45-,47-/m0/s1. The topological polar surface area (TPSA) is 346 Å². The summed E-state index contributed by atoms with van der Waals surface area (Å²) < 4.78 is 39.7. The zero-order valence-corrected chi connectivity index (χ0v) is 42.9. The van der Waals surface area contributed by atoms with Crippen LogP contribution in [0.3, 0.4) is 0 Å². The summed E-state index contributed by atoms with van der Waals surface area (Å²) in [6.07, 6.45) is 1.90. The van der Waals surface area contributed by atoms with E-state index in [1.54, 1.807) is 32.0 Å². The number of imide groups is 1. The van der Waals surface area contributed by atoms with Gasteiger partial charge in [0.25, 0.3) is 17.4 Å². The molecule has 1 aromatic carbocycles. The van der Waals surface area contributed by atoms with Crippen LogP contribution in [0.4, 0.5) is 0 Å². The van der Waals surface area contributed by atoms with E-state index in [4.69, 9.17) is 43.9 Å². The molecule has 0 saturated heterocycles. The lowest BCUT2D eigenvalue weighted by molar-refractivity contribution is -0.157. The van der Waals surface area contributed by atoms with Gasteiger partial charge in [0, 0.05) is 67.2 Å². The van der Waals surface area contributed by atoms with Crippen molar-refractivity contribution in [2.24, 2.45) is 11.7 Å². The van der Waals surface area contributed by atoms with Crippen molar-refractivity contribution in [3.63, 3.8) is 0 Å². The van der Waals surface area contributed by atoms with Gasteiger partial charge in [-0.25, -0.2) is 9.78 Å². The van der Waals surface area contributed by atoms with E-state index in [-0.39, 0.29) is 108 Å². The highest BCUT2D eigenvalue weighted by Gasteiger charge is 2.36. The van der Waals surface area contributed by atoms with Crippen molar-refractivity contribution >= 4 is 58.2 Å². The number of benzene rings is 1. The lowest BCUT2D eigenvalue weighted by Crippen LogP contribution is -2.56. The first-order chi connectivity index (χ1) is 37.1. The van der Waals surface area contributed by atoms with Gasteiger partial charge < -0.3 is 75.1 Å². The molecule has 7 rings (SSSR count). The highest BCUT2D eigenvalue weighted by Crippen LogP contribution is 2.42. The molecule has 0 saturated carbocycles. The number of amides is 7. The van der Waals surface area contributed by atoms with E-state index in [0.717, 1.165) is 4.90 Å². The van der Waals surface area contributed by atoms with Crippen molar-refractivity contribution in [2.75, 3.05) is 85.8 Å². The molecule has 4 aliphatic heterocycles. The Balaban J connectivity index is 0.809. The number of fused-ring (bicyclic) bond motifs is 6. The maximum Gasteiger partial charge on any atom is 0.340 e. The summed E-state index contributed by atoms with van der Waals surface area (Å²) in [6.45, 7) is 5.35. The number of cyclic esters (lactones) is 1. The number of nitrogens with zero attached hydrogens (tertiary/aromatic N) is 3. The summed E-state index contributed by atoms with van der Waals surface area (Å²) >= 11 is 0. The molecule has 0 unspecified atom stereocenters. The second-order valence-corrected chi connectivity index (χ2v) is 18.6. The van der Waals surface area contributed by atoms with Gasteiger partial charge >= 0.3 is 5.97 Å². The van der Waals surface area contributed by atoms with Crippen LogP contribution in [0.5, 0.6) is 11.5 Å². The van der Waals surface area contributed by atoms with Gasteiger partial charge in [0.05, 0.1) is 88.4 Å². The van der Waals surface area contributed by atoms with E-state index in [1.807, 2.05) is 0 Å². The minimum atomic E-state index is -1.64. The molecule has 0 fully saturated rings. The molecule has 3 aromatic rings. The van der Waals surface area contributed by atoms with E-state index >= 15 is 0 Å². The number of carbonyl (C=O) groups excluding carboxylic acids is 8. The first-order valence-electron chi connectivity index (χ1n) is 25.5. The number of aromatic nitrogens is 2. The summed E-state index contributed by atoms with van der Waals surface area (Å²) in [7, 11) is 0. The van der Waals surface area contributed by atoms with Crippen LogP contribution in [0.25, 0.3) is 22.3 Å². The second-order valence-electron chi connectivity index (χ2n) is 18.6. The minimum Gasteiger partial charge on any atom is -0.458 e. The number of esters is 1. The average Bonchev–Trinajstić information content (AvgIpc) is 4.18. The van der Waals surface area contributed by atoms with E-state index in [2.05, 4.69) is 26.6 Å². The molecule has 8 N–H and O–H groups in total. The van der Waals surface area contributed by atoms with Crippen LogP contribution in [0.2, 0.25) is 0 Å². The Morgan fingerprint density at radius 2 is 1.44 bits per heavy atom. The third-order valence-electron chi connectivity index (χ3n) is 12.9. The molecule has 4 aliphatic rings. The predicted octanol–water partition coefficient (Wildman–Crippen LogP) is -1.38. The molecule has 0 bridgehead atoms. The fourth-order valence-corrected chi connectivity index (χ4v) is 8.79. The molecule has 7 amide bonds. The predicted molar refractivity (Wildman–Crippen MR) is 269 cm³/mol. The van der Waals surface area contributed by atoms with E-state index in [1.165, 1.54) is 16.7 Å². The number of nitrogens with two attached hydrogens (primary N) is 1. The SMILES string of the molecule is CC(C)[C@H](NC(=O)CCOCCOCCOCCOCCNC(=O)CCN1C(=O)C=CC1=O)C(=O)N[C@@H](CCCCN)C(=O)NCC(=O)NCc1c2c(nc3cc4c(cc13)OCO4)-c1cc3c(c(=O)n1C2)COC(=O)[C@H]3O. The number of rotatable bonds is 31. The Hall–Kier alpha value is -7.36. The maximum atomic E-state index is 13.7. The quantitative estimate of drug-likeness (QED) is 0.0173. The zero-order chi connectivity index (χ0) is 55.0. The van der Waals surface area contributed by atoms with Gasteiger partial charge in [0.15, 0.2) is 17.6 Å². The van der Waals surface area contributed by atoms with Crippen LogP contribution in [0.15, 0.2) is 35.1 Å². The number of carbonyl (C=O) groups is 8. The molecule has 0 spiro atoms. The Kier molecular flexibility index (Phi) is 20.6. The second kappa shape index (κ2) is 27.6. The Bertz CT molecular complexity index is 2780. The fraction of sp³-hybridized carbons (Fsp3) is 0.529. The third kappa shape index (κ3) is 15.0. The van der Waals surface area contributed by atoms with Crippen molar-refractivity contribution in [1.82, 2.24) is 41.0 Å². The highest BCUT2D eigenvalue weighted by atomic mass is 16.7. The Morgan fingerprint density at radius 1 is 0.766 bits per heavy atom. The number of aliphatic hydroxyl groups is 1. The van der Waals surface area contributed by atoms with Gasteiger partial charge in [0.2, 0.25) is 36.3 Å². The molecule has 0 radical (unpaired) electrons. The third-order valence-corrected chi connectivity index (χ3v) is 12.9. The number of pyridine rings is 2. The van der Waals surface area contributed by atoms with Gasteiger partial charge in [-0.3, -0.25) is 43.3 Å². The van der Waals surface area contributed by atoms with Gasteiger partial charge in [-0.05, 0) is 49.4 Å². The zero-order valence-electron chi connectivity index (χ0n) is 42.9. The molecule has 2 aromatic heterocycles. The lowest BCUT2D eigenvalue weighted by Gasteiger charge is -2.25. The molecule has 77 heavy (non-hydrogen) atoms. The molecular weight excluding hydrogens is 1010 g/mol. The molecule has 6 heterocycles. The summed E-state index contributed by atoms with van der Waals surface area (Å²) in [6, 6.07) is 2.92. The van der Waals surface area contributed by atoms with Crippen molar-refractivity contribution in [1.29, 1.82) is 0 Å². The number of hydrogen-bond acceptors (Lipinski definition) is 19. The fourth-order valence-electron chi connectivity index (χ4n) is 8.79. The van der Waals surface area contributed by atoms with Crippen LogP contribution < -0.4 is 47.4 Å². The molecule has 0 aliphatic carbocycles. The summed E-state index contributed by atoms with van der Waals surface area (Å²) in [5, 5.41) is 24.8. The van der Waals surface area contributed by atoms with Gasteiger partial charge in [-0.2, -0.15) is 0 Å². The van der Waals surface area contributed by atoms with Crippen molar-refractivity contribution in [3.05, 3.63) is 63.0 Å². The Morgan fingerprint density at radius 3 is 2.13 bits per heavy atom. The van der Waals surface area contributed by atoms with Crippen LogP contribution in [-0.2, 0) is 81.7 Å². The smallest absolute Gasteiger partial charge is 0.340 e. The Labute approximate surface area is 442 Å². The first kappa shape index (κ1) is 57.3. The van der Waals surface area contributed by atoms with Crippen molar-refractivity contribution in [3.8, 4) is 22.9 Å². The van der Waals surface area contributed by atoms with Gasteiger partial charge in [-0.15, -0.1) is 0 Å². The van der Waals surface area contributed by atoms with Crippen LogP contribution in [-0.4, -0.2) is 165 Å². The number of ether oxygens (including phenoxy) is 7. The van der Waals surface area contributed by atoms with Crippen LogP contribution >= 0.6 is 0 Å². The number of unbranched alkanes of at least 4 members (excludes halogenated alkanes) is 1. The normalized spacial score (nSPS) is 15.7. The summed E-state index contributed by atoms with van der Waals surface area (Å²) in [5.41, 5.74) is 8.03. The van der Waals surface area contributed by atoms with E-state index in [9.17, 15) is 48.3 Å². The highest BCUT2D eigenvalue weighted by molar-refractivity contribution is 6.13. The number of nitrogens with one attached hydrogen (secondary N) is 5. The first-order valence-corrected chi connectivity index (χ1v) is 25.5. The number of hydrogen-bond donors (Lipinski definition) is 7. The lowest BCUT2D eigenvalue weighted by atomic mass is 9.98. The largest absolute Gasteiger partial charge is 0.458 e. The van der Waals surface area contributed by atoms with E-state index < -0.39 is 71.7 Å².